The number of rotatable bonds is 7. The molecule has 0 saturated carbocycles. The topological polar surface area (TPSA) is 73.2 Å². The minimum absolute atomic E-state index is 0.0394. The Balaban J connectivity index is 2.39. The van der Waals surface area contributed by atoms with E-state index in [1.807, 2.05) is 13.0 Å². The molecule has 0 amide bonds. The Morgan fingerprint density at radius 2 is 1.95 bits per heavy atom. The van der Waals surface area contributed by atoms with Gasteiger partial charge in [-0.05, 0) is 31.6 Å². The van der Waals surface area contributed by atoms with Crippen LogP contribution in [0.5, 0.6) is 0 Å². The maximum atomic E-state index is 11.8. The highest BCUT2D eigenvalue weighted by molar-refractivity contribution is 7.89. The molecule has 1 aliphatic rings. The standard InChI is InChI=1S/C14H27N3O2S/c1-12-8-13(2)10-17(9-12)11-14(3)16-20(18,19)7-5-4-6-15/h12-14,16H,4-5,7-11H2,1-3H3/t12-,13-,14-/m1/s1. The van der Waals surface area contributed by atoms with E-state index in [-0.39, 0.29) is 18.2 Å². The van der Waals surface area contributed by atoms with Gasteiger partial charge >= 0.3 is 0 Å². The first-order valence-corrected chi connectivity index (χ1v) is 9.07. The zero-order valence-electron chi connectivity index (χ0n) is 12.8. The number of nitrogens with one attached hydrogen (secondary N) is 1. The van der Waals surface area contributed by atoms with Crippen LogP contribution in [0.1, 0.15) is 40.0 Å². The first kappa shape index (κ1) is 17.4. The summed E-state index contributed by atoms with van der Waals surface area (Å²) in [5.41, 5.74) is 0. The van der Waals surface area contributed by atoms with Gasteiger partial charge in [-0.25, -0.2) is 13.1 Å². The van der Waals surface area contributed by atoms with Crippen LogP contribution in [0.15, 0.2) is 0 Å². The van der Waals surface area contributed by atoms with Gasteiger partial charge in [0.25, 0.3) is 0 Å². The normalized spacial score (nSPS) is 26.1. The predicted molar refractivity (Wildman–Crippen MR) is 80.6 cm³/mol. The van der Waals surface area contributed by atoms with Crippen LogP contribution in [-0.2, 0) is 10.0 Å². The van der Waals surface area contributed by atoms with Crippen LogP contribution >= 0.6 is 0 Å². The number of nitriles is 1. The van der Waals surface area contributed by atoms with Gasteiger partial charge in [-0.3, -0.25) is 0 Å². The Labute approximate surface area is 123 Å². The average molecular weight is 301 g/mol. The van der Waals surface area contributed by atoms with Gasteiger partial charge in [0.15, 0.2) is 0 Å². The van der Waals surface area contributed by atoms with Gasteiger partial charge in [0.1, 0.15) is 0 Å². The van der Waals surface area contributed by atoms with Crippen molar-refractivity contribution in [1.29, 1.82) is 5.26 Å². The summed E-state index contributed by atoms with van der Waals surface area (Å²) < 4.78 is 26.4. The van der Waals surface area contributed by atoms with E-state index in [4.69, 9.17) is 5.26 Å². The number of hydrogen-bond acceptors (Lipinski definition) is 4. The van der Waals surface area contributed by atoms with Gasteiger partial charge in [0, 0.05) is 32.1 Å². The van der Waals surface area contributed by atoms with Crippen molar-refractivity contribution in [2.45, 2.75) is 46.1 Å². The van der Waals surface area contributed by atoms with Gasteiger partial charge in [-0.15, -0.1) is 0 Å². The fourth-order valence-electron chi connectivity index (χ4n) is 3.07. The molecule has 1 saturated heterocycles. The second-order valence-electron chi connectivity index (χ2n) is 6.26. The van der Waals surface area contributed by atoms with E-state index in [9.17, 15) is 8.42 Å². The number of hydrogen-bond donors (Lipinski definition) is 1. The van der Waals surface area contributed by atoms with Crippen LogP contribution in [-0.4, -0.2) is 44.7 Å². The maximum Gasteiger partial charge on any atom is 0.211 e. The van der Waals surface area contributed by atoms with Crippen molar-refractivity contribution in [1.82, 2.24) is 9.62 Å². The molecule has 1 aliphatic heterocycles. The number of likely N-dealkylation sites (tertiary alicyclic amines) is 1. The molecule has 0 radical (unpaired) electrons. The van der Waals surface area contributed by atoms with E-state index in [1.54, 1.807) is 0 Å². The average Bonchev–Trinajstić information content (AvgIpc) is 2.26. The molecule has 0 spiro atoms. The lowest BCUT2D eigenvalue weighted by molar-refractivity contribution is 0.134. The SMILES string of the molecule is C[C@@H]1C[C@@H](C)CN(C[C@@H](C)NS(=O)(=O)CCCC#N)C1. The Morgan fingerprint density at radius 1 is 1.35 bits per heavy atom. The number of nitrogens with zero attached hydrogens (tertiary/aromatic N) is 2. The Bertz CT molecular complexity index is 420. The Hall–Kier alpha value is -0.640. The van der Waals surface area contributed by atoms with Crippen LogP contribution in [0.3, 0.4) is 0 Å². The summed E-state index contributed by atoms with van der Waals surface area (Å²) in [4.78, 5) is 2.35. The van der Waals surface area contributed by atoms with Crippen molar-refractivity contribution < 1.29 is 8.42 Å². The van der Waals surface area contributed by atoms with Crippen LogP contribution in [0, 0.1) is 23.2 Å². The predicted octanol–water partition coefficient (Wildman–Crippen LogP) is 1.58. The van der Waals surface area contributed by atoms with Crippen LogP contribution in [0.4, 0.5) is 0 Å². The third kappa shape index (κ3) is 6.69. The van der Waals surface area contributed by atoms with Gasteiger partial charge in [0.05, 0.1) is 11.8 Å². The molecule has 0 aliphatic carbocycles. The maximum absolute atomic E-state index is 11.8. The summed E-state index contributed by atoms with van der Waals surface area (Å²) in [6, 6.07) is 1.88. The lowest BCUT2D eigenvalue weighted by Crippen LogP contribution is -2.47. The quantitative estimate of drug-likeness (QED) is 0.725. The van der Waals surface area contributed by atoms with Gasteiger partial charge < -0.3 is 4.90 Å². The molecule has 116 valence electrons. The molecule has 1 rings (SSSR count). The lowest BCUT2D eigenvalue weighted by atomic mass is 9.92. The van der Waals surface area contributed by atoms with Crippen LogP contribution in [0.25, 0.3) is 0 Å². The molecule has 1 N–H and O–H groups in total. The highest BCUT2D eigenvalue weighted by Gasteiger charge is 2.24. The molecule has 0 bridgehead atoms. The zero-order chi connectivity index (χ0) is 15.2. The summed E-state index contributed by atoms with van der Waals surface area (Å²) >= 11 is 0. The third-order valence-corrected chi connectivity index (χ3v) is 5.15. The molecule has 6 heteroatoms. The molecule has 3 atom stereocenters. The van der Waals surface area contributed by atoms with E-state index in [1.165, 1.54) is 6.42 Å². The number of piperidine rings is 1. The molecule has 0 aromatic rings. The first-order chi connectivity index (χ1) is 9.32. The molecular formula is C14H27N3O2S. The summed E-state index contributed by atoms with van der Waals surface area (Å²) in [6.07, 6.45) is 1.94. The molecule has 0 aromatic heterocycles. The lowest BCUT2D eigenvalue weighted by Gasteiger charge is -2.36. The molecule has 5 nitrogen and oxygen atoms in total. The van der Waals surface area contributed by atoms with Gasteiger partial charge in [-0.2, -0.15) is 5.26 Å². The van der Waals surface area contributed by atoms with Gasteiger partial charge in [-0.1, -0.05) is 13.8 Å². The minimum Gasteiger partial charge on any atom is -0.301 e. The highest BCUT2D eigenvalue weighted by atomic mass is 32.2. The molecule has 1 fully saturated rings. The largest absolute Gasteiger partial charge is 0.301 e. The van der Waals surface area contributed by atoms with Crippen molar-refractivity contribution >= 4 is 10.0 Å². The molecular weight excluding hydrogens is 274 g/mol. The number of unbranched alkanes of at least 4 members (excludes halogenated alkanes) is 1. The van der Waals surface area contributed by atoms with Crippen molar-refractivity contribution in [3.05, 3.63) is 0 Å². The molecule has 0 unspecified atom stereocenters. The first-order valence-electron chi connectivity index (χ1n) is 7.41. The second-order valence-corrected chi connectivity index (χ2v) is 8.14. The van der Waals surface area contributed by atoms with E-state index in [2.05, 4.69) is 23.5 Å². The van der Waals surface area contributed by atoms with E-state index >= 15 is 0 Å². The van der Waals surface area contributed by atoms with Crippen molar-refractivity contribution in [2.24, 2.45) is 11.8 Å². The number of sulfonamides is 1. The minimum atomic E-state index is -3.26. The molecule has 1 heterocycles. The van der Waals surface area contributed by atoms with E-state index in [0.29, 0.717) is 18.3 Å². The summed E-state index contributed by atoms with van der Waals surface area (Å²) in [7, 11) is -3.26. The molecule has 0 aromatic carbocycles. The van der Waals surface area contributed by atoms with Crippen molar-refractivity contribution in [2.75, 3.05) is 25.4 Å². The fourth-order valence-corrected chi connectivity index (χ4v) is 4.40. The monoisotopic (exact) mass is 301 g/mol. The van der Waals surface area contributed by atoms with E-state index in [0.717, 1.165) is 19.6 Å². The van der Waals surface area contributed by atoms with E-state index < -0.39 is 10.0 Å². The second kappa shape index (κ2) is 7.96. The smallest absolute Gasteiger partial charge is 0.211 e. The molecule has 20 heavy (non-hydrogen) atoms. The van der Waals surface area contributed by atoms with Crippen molar-refractivity contribution in [3.63, 3.8) is 0 Å². The Morgan fingerprint density at radius 3 is 2.50 bits per heavy atom. The summed E-state index contributed by atoms with van der Waals surface area (Å²) in [6.45, 7) is 9.26. The van der Waals surface area contributed by atoms with Crippen molar-refractivity contribution in [3.8, 4) is 6.07 Å². The Kier molecular flexibility index (Phi) is 6.93. The van der Waals surface area contributed by atoms with Gasteiger partial charge in [0.2, 0.25) is 10.0 Å². The fraction of sp³-hybridized carbons (Fsp3) is 0.929. The summed E-state index contributed by atoms with van der Waals surface area (Å²) in [5, 5.41) is 8.44. The zero-order valence-corrected chi connectivity index (χ0v) is 13.6. The highest BCUT2D eigenvalue weighted by Crippen LogP contribution is 2.20. The summed E-state index contributed by atoms with van der Waals surface area (Å²) in [5.74, 6) is 1.40. The van der Waals surface area contributed by atoms with Crippen LogP contribution in [0.2, 0.25) is 0 Å². The van der Waals surface area contributed by atoms with Crippen LogP contribution < -0.4 is 4.72 Å². The third-order valence-electron chi connectivity index (χ3n) is 3.56.